The van der Waals surface area contributed by atoms with Crippen molar-refractivity contribution in [2.24, 2.45) is 5.92 Å². The number of carbonyl (C=O) groups excluding carboxylic acids is 1. The van der Waals surface area contributed by atoms with E-state index in [1.807, 2.05) is 19.2 Å². The zero-order valence-corrected chi connectivity index (χ0v) is 12.6. The van der Waals surface area contributed by atoms with Gasteiger partial charge in [-0.05, 0) is 57.1 Å². The van der Waals surface area contributed by atoms with Crippen LogP contribution in [-0.4, -0.2) is 44.0 Å². The Morgan fingerprint density at radius 1 is 1.50 bits per heavy atom. The molecule has 0 saturated carbocycles. The second-order valence-electron chi connectivity index (χ2n) is 5.36. The molecule has 1 unspecified atom stereocenters. The minimum absolute atomic E-state index is 0.0253. The predicted molar refractivity (Wildman–Crippen MR) is 83.2 cm³/mol. The van der Waals surface area contributed by atoms with E-state index in [9.17, 15) is 4.79 Å². The third-order valence-electron chi connectivity index (χ3n) is 3.57. The number of amides is 1. The average molecular weight is 296 g/mol. The van der Waals surface area contributed by atoms with Crippen LogP contribution in [0.3, 0.4) is 0 Å². The van der Waals surface area contributed by atoms with Gasteiger partial charge in [0.25, 0.3) is 0 Å². The molecule has 2 N–H and O–H groups in total. The van der Waals surface area contributed by atoms with E-state index in [0.717, 1.165) is 31.7 Å². The topological polar surface area (TPSA) is 44.4 Å². The summed E-state index contributed by atoms with van der Waals surface area (Å²) in [5.74, 6) is 0.671. The molecule has 1 heterocycles. The Balaban J connectivity index is 1.82. The Kier molecular flexibility index (Phi) is 5.83. The van der Waals surface area contributed by atoms with Crippen molar-refractivity contribution in [1.29, 1.82) is 0 Å². The van der Waals surface area contributed by atoms with Crippen LogP contribution in [0.1, 0.15) is 12.8 Å². The summed E-state index contributed by atoms with van der Waals surface area (Å²) < 4.78 is 0. The van der Waals surface area contributed by atoms with Crippen LogP contribution in [0.15, 0.2) is 24.3 Å². The molecule has 110 valence electrons. The molecule has 1 aliphatic rings. The third-order valence-corrected chi connectivity index (χ3v) is 3.81. The standard InChI is InChI=1S/C15H22ClN3O/c1-17-9-12-4-3-7-19(10-12)11-15(20)18-14-6-2-5-13(16)8-14/h2,5-6,8,12,17H,3-4,7,9-11H2,1H3,(H,18,20). The van der Waals surface area contributed by atoms with Gasteiger partial charge in [0, 0.05) is 17.3 Å². The molecule has 1 fully saturated rings. The SMILES string of the molecule is CNCC1CCCN(CC(=O)Nc2cccc(Cl)c2)C1. The van der Waals surface area contributed by atoms with Crippen LogP contribution in [0, 0.1) is 5.92 Å². The molecule has 5 heteroatoms. The molecule has 1 aromatic rings. The molecule has 0 spiro atoms. The Labute approximate surface area is 125 Å². The van der Waals surface area contributed by atoms with Gasteiger partial charge in [0.05, 0.1) is 6.54 Å². The van der Waals surface area contributed by atoms with Gasteiger partial charge in [0.2, 0.25) is 5.91 Å². The van der Waals surface area contributed by atoms with E-state index in [1.165, 1.54) is 6.42 Å². The van der Waals surface area contributed by atoms with E-state index in [0.29, 0.717) is 17.5 Å². The molecule has 0 radical (unpaired) electrons. The second-order valence-corrected chi connectivity index (χ2v) is 5.80. The first kappa shape index (κ1) is 15.3. The number of hydrogen-bond acceptors (Lipinski definition) is 3. The molecule has 4 nitrogen and oxygen atoms in total. The summed E-state index contributed by atoms with van der Waals surface area (Å²) in [4.78, 5) is 14.3. The zero-order chi connectivity index (χ0) is 14.4. The maximum atomic E-state index is 12.0. The fourth-order valence-corrected chi connectivity index (χ4v) is 2.91. The Bertz CT molecular complexity index is 450. The van der Waals surface area contributed by atoms with Gasteiger partial charge in [-0.15, -0.1) is 0 Å². The summed E-state index contributed by atoms with van der Waals surface area (Å²) in [7, 11) is 1.98. The minimum Gasteiger partial charge on any atom is -0.325 e. The van der Waals surface area contributed by atoms with Crippen molar-refractivity contribution in [3.8, 4) is 0 Å². The minimum atomic E-state index is 0.0253. The zero-order valence-electron chi connectivity index (χ0n) is 11.9. The van der Waals surface area contributed by atoms with Gasteiger partial charge >= 0.3 is 0 Å². The van der Waals surface area contributed by atoms with Gasteiger partial charge in [-0.2, -0.15) is 0 Å². The molecule has 0 aromatic heterocycles. The molecule has 0 aliphatic carbocycles. The van der Waals surface area contributed by atoms with Gasteiger partial charge in [-0.3, -0.25) is 9.69 Å². The highest BCUT2D eigenvalue weighted by atomic mass is 35.5. The van der Waals surface area contributed by atoms with E-state index in [-0.39, 0.29) is 5.91 Å². The van der Waals surface area contributed by atoms with Crippen LogP contribution in [0.2, 0.25) is 5.02 Å². The van der Waals surface area contributed by atoms with Crippen LogP contribution < -0.4 is 10.6 Å². The first-order valence-corrected chi connectivity index (χ1v) is 7.47. The van der Waals surface area contributed by atoms with Crippen molar-refractivity contribution in [2.45, 2.75) is 12.8 Å². The number of hydrogen-bond donors (Lipinski definition) is 2. The number of halogens is 1. The molecule has 1 aromatic carbocycles. The highest BCUT2D eigenvalue weighted by molar-refractivity contribution is 6.30. The van der Waals surface area contributed by atoms with Crippen molar-refractivity contribution in [3.05, 3.63) is 29.3 Å². The first-order chi connectivity index (χ1) is 9.67. The fourth-order valence-electron chi connectivity index (χ4n) is 2.72. The highest BCUT2D eigenvalue weighted by Gasteiger charge is 2.20. The number of carbonyl (C=O) groups is 1. The molecule has 2 rings (SSSR count). The lowest BCUT2D eigenvalue weighted by Gasteiger charge is -2.32. The van der Waals surface area contributed by atoms with Gasteiger partial charge in [0.1, 0.15) is 0 Å². The van der Waals surface area contributed by atoms with Crippen LogP contribution in [0.5, 0.6) is 0 Å². The Morgan fingerprint density at radius 3 is 3.10 bits per heavy atom. The van der Waals surface area contributed by atoms with Crippen LogP contribution in [0.25, 0.3) is 0 Å². The molecule has 1 amide bonds. The number of benzene rings is 1. The summed E-state index contributed by atoms with van der Waals surface area (Å²) in [6, 6.07) is 7.25. The number of piperidine rings is 1. The van der Waals surface area contributed by atoms with Gasteiger partial charge < -0.3 is 10.6 Å². The highest BCUT2D eigenvalue weighted by Crippen LogP contribution is 2.17. The molecule has 1 saturated heterocycles. The molecular weight excluding hydrogens is 274 g/mol. The van der Waals surface area contributed by atoms with Crippen molar-refractivity contribution in [3.63, 3.8) is 0 Å². The van der Waals surface area contributed by atoms with Crippen molar-refractivity contribution < 1.29 is 4.79 Å². The summed E-state index contributed by atoms with van der Waals surface area (Å²) in [6.07, 6.45) is 2.41. The lowest BCUT2D eigenvalue weighted by Crippen LogP contribution is -2.42. The third kappa shape index (κ3) is 4.78. The monoisotopic (exact) mass is 295 g/mol. The van der Waals surface area contributed by atoms with Crippen LogP contribution in [-0.2, 0) is 4.79 Å². The van der Waals surface area contributed by atoms with Gasteiger partial charge in [0.15, 0.2) is 0 Å². The Morgan fingerprint density at radius 2 is 2.35 bits per heavy atom. The van der Waals surface area contributed by atoms with E-state index >= 15 is 0 Å². The molecule has 0 bridgehead atoms. The lowest BCUT2D eigenvalue weighted by atomic mass is 9.98. The number of likely N-dealkylation sites (tertiary alicyclic amines) is 1. The number of nitrogens with zero attached hydrogens (tertiary/aromatic N) is 1. The summed E-state index contributed by atoms with van der Waals surface area (Å²) in [5.41, 5.74) is 0.756. The predicted octanol–water partition coefficient (Wildman–Crippen LogP) is 2.21. The summed E-state index contributed by atoms with van der Waals surface area (Å²) in [5, 5.41) is 6.75. The summed E-state index contributed by atoms with van der Waals surface area (Å²) in [6.45, 7) is 3.46. The smallest absolute Gasteiger partial charge is 0.238 e. The van der Waals surface area contributed by atoms with E-state index in [4.69, 9.17) is 11.6 Å². The van der Waals surface area contributed by atoms with Crippen molar-refractivity contribution >= 4 is 23.2 Å². The largest absolute Gasteiger partial charge is 0.325 e. The van der Waals surface area contributed by atoms with E-state index < -0.39 is 0 Å². The second kappa shape index (κ2) is 7.62. The quantitative estimate of drug-likeness (QED) is 0.875. The Hall–Kier alpha value is -1.10. The molecule has 20 heavy (non-hydrogen) atoms. The number of nitrogens with one attached hydrogen (secondary N) is 2. The average Bonchev–Trinajstić information content (AvgIpc) is 2.39. The van der Waals surface area contributed by atoms with Crippen LogP contribution in [0.4, 0.5) is 5.69 Å². The maximum absolute atomic E-state index is 12.0. The number of rotatable bonds is 5. The molecular formula is C15H22ClN3O. The van der Waals surface area contributed by atoms with E-state index in [2.05, 4.69) is 15.5 Å². The molecule has 1 atom stereocenters. The first-order valence-electron chi connectivity index (χ1n) is 7.10. The molecule has 1 aliphatic heterocycles. The normalized spacial score (nSPS) is 19.8. The van der Waals surface area contributed by atoms with Crippen molar-refractivity contribution in [2.75, 3.05) is 38.5 Å². The van der Waals surface area contributed by atoms with E-state index in [1.54, 1.807) is 12.1 Å². The lowest BCUT2D eigenvalue weighted by molar-refractivity contribution is -0.117. The van der Waals surface area contributed by atoms with Gasteiger partial charge in [-0.25, -0.2) is 0 Å². The number of anilines is 1. The fraction of sp³-hybridized carbons (Fsp3) is 0.533. The van der Waals surface area contributed by atoms with Gasteiger partial charge in [-0.1, -0.05) is 17.7 Å². The maximum Gasteiger partial charge on any atom is 0.238 e. The summed E-state index contributed by atoms with van der Waals surface area (Å²) >= 11 is 5.91. The van der Waals surface area contributed by atoms with Crippen molar-refractivity contribution in [1.82, 2.24) is 10.2 Å². The van der Waals surface area contributed by atoms with Crippen LogP contribution >= 0.6 is 11.6 Å².